The Morgan fingerprint density at radius 3 is 1.88 bits per heavy atom. The summed E-state index contributed by atoms with van der Waals surface area (Å²) in [7, 11) is 0. The van der Waals surface area contributed by atoms with Crippen LogP contribution in [0.4, 0.5) is 0 Å². The molecule has 0 saturated heterocycles. The molecule has 1 aliphatic rings. The molecule has 4 nitrogen and oxygen atoms in total. The summed E-state index contributed by atoms with van der Waals surface area (Å²) in [6, 6.07) is 0.291. The average molecular weight is 469 g/mol. The molecule has 1 aliphatic carbocycles. The van der Waals surface area contributed by atoms with Crippen molar-refractivity contribution >= 4 is 0 Å². The number of aliphatic hydroxyl groups excluding tert-OH is 1. The molecule has 0 aromatic rings. The van der Waals surface area contributed by atoms with Gasteiger partial charge in [0.15, 0.2) is 0 Å². The normalized spacial score (nSPS) is 23.6. The molecule has 0 bridgehead atoms. The standard InChI is InChI=1S/C29H60N2O2/c1-5-6-7-8-9-10-11-12-13-14-15-16-17-18-19-33-23-27(32)22-31-25-29(4)21-26(30)20-28(2,3)24-29/h26-27,31-32H,5-25,30H2,1-4H3. The fourth-order valence-electron chi connectivity index (χ4n) is 6.07. The number of nitrogens with one attached hydrogen (secondary N) is 1. The van der Waals surface area contributed by atoms with E-state index < -0.39 is 6.10 Å². The lowest BCUT2D eigenvalue weighted by Gasteiger charge is -2.46. The van der Waals surface area contributed by atoms with Crippen molar-refractivity contribution in [3.8, 4) is 0 Å². The summed E-state index contributed by atoms with van der Waals surface area (Å²) in [4.78, 5) is 0. The van der Waals surface area contributed by atoms with Gasteiger partial charge in [-0.2, -0.15) is 0 Å². The van der Waals surface area contributed by atoms with Gasteiger partial charge in [0.05, 0.1) is 12.7 Å². The lowest BCUT2D eigenvalue weighted by Crippen LogP contribution is -2.47. The van der Waals surface area contributed by atoms with Crippen molar-refractivity contribution < 1.29 is 9.84 Å². The second-order valence-electron chi connectivity index (χ2n) is 12.3. The van der Waals surface area contributed by atoms with Crippen LogP contribution >= 0.6 is 0 Å². The molecule has 0 radical (unpaired) electrons. The minimum absolute atomic E-state index is 0.218. The molecule has 1 fully saturated rings. The molecule has 1 saturated carbocycles. The topological polar surface area (TPSA) is 67.5 Å². The highest BCUT2D eigenvalue weighted by atomic mass is 16.5. The van der Waals surface area contributed by atoms with Crippen LogP contribution in [0, 0.1) is 10.8 Å². The zero-order chi connectivity index (χ0) is 24.4. The van der Waals surface area contributed by atoms with Crippen LogP contribution in [0.3, 0.4) is 0 Å². The molecule has 0 aliphatic heterocycles. The second kappa shape index (κ2) is 18.2. The van der Waals surface area contributed by atoms with E-state index in [0.717, 1.165) is 32.4 Å². The Bertz CT molecular complexity index is 457. The highest BCUT2D eigenvalue weighted by molar-refractivity contribution is 4.94. The maximum Gasteiger partial charge on any atom is 0.0897 e. The maximum atomic E-state index is 10.2. The molecular formula is C29H60N2O2. The Morgan fingerprint density at radius 1 is 0.848 bits per heavy atom. The van der Waals surface area contributed by atoms with E-state index in [1.54, 1.807) is 0 Å². The molecule has 0 spiro atoms. The van der Waals surface area contributed by atoms with Crippen molar-refractivity contribution in [1.82, 2.24) is 5.32 Å². The molecule has 198 valence electrons. The lowest BCUT2D eigenvalue weighted by atomic mass is 9.63. The fraction of sp³-hybridized carbons (Fsp3) is 1.00. The van der Waals surface area contributed by atoms with Crippen LogP contribution in [0.5, 0.6) is 0 Å². The molecule has 1 rings (SSSR count). The van der Waals surface area contributed by atoms with E-state index in [1.165, 1.54) is 89.9 Å². The summed E-state index contributed by atoms with van der Waals surface area (Å²) < 4.78 is 5.71. The predicted octanol–water partition coefficient (Wildman–Crippen LogP) is 6.98. The van der Waals surface area contributed by atoms with E-state index >= 15 is 0 Å². The third kappa shape index (κ3) is 17.0. The van der Waals surface area contributed by atoms with Gasteiger partial charge in [0, 0.05) is 25.7 Å². The third-order valence-electron chi connectivity index (χ3n) is 7.36. The van der Waals surface area contributed by atoms with Crippen molar-refractivity contribution in [3.05, 3.63) is 0 Å². The van der Waals surface area contributed by atoms with Gasteiger partial charge in [-0.25, -0.2) is 0 Å². The Morgan fingerprint density at radius 2 is 1.36 bits per heavy atom. The third-order valence-corrected chi connectivity index (χ3v) is 7.36. The predicted molar refractivity (Wildman–Crippen MR) is 144 cm³/mol. The molecule has 0 heterocycles. The largest absolute Gasteiger partial charge is 0.389 e. The number of ether oxygens (including phenoxy) is 1. The van der Waals surface area contributed by atoms with Crippen LogP contribution < -0.4 is 11.1 Å². The minimum atomic E-state index is -0.425. The number of hydrogen-bond donors (Lipinski definition) is 3. The Kier molecular flexibility index (Phi) is 17.0. The number of rotatable bonds is 21. The Hall–Kier alpha value is -0.160. The van der Waals surface area contributed by atoms with Crippen LogP contribution in [0.15, 0.2) is 0 Å². The van der Waals surface area contributed by atoms with Crippen molar-refractivity contribution in [2.24, 2.45) is 16.6 Å². The van der Waals surface area contributed by atoms with Gasteiger partial charge in [-0.1, -0.05) is 111 Å². The van der Waals surface area contributed by atoms with Gasteiger partial charge in [-0.15, -0.1) is 0 Å². The number of hydrogen-bond acceptors (Lipinski definition) is 4. The molecule has 0 aromatic heterocycles. The molecule has 4 N–H and O–H groups in total. The second-order valence-corrected chi connectivity index (χ2v) is 12.3. The van der Waals surface area contributed by atoms with Gasteiger partial charge in [0.2, 0.25) is 0 Å². The molecule has 0 aromatic carbocycles. The van der Waals surface area contributed by atoms with Crippen LogP contribution in [-0.2, 0) is 4.74 Å². The zero-order valence-electron chi connectivity index (χ0n) is 22.9. The first-order chi connectivity index (χ1) is 15.8. The quantitative estimate of drug-likeness (QED) is 0.159. The minimum Gasteiger partial charge on any atom is -0.389 e. The number of nitrogens with two attached hydrogens (primary N) is 1. The van der Waals surface area contributed by atoms with Gasteiger partial charge in [0.1, 0.15) is 0 Å². The average Bonchev–Trinajstić information content (AvgIpc) is 2.71. The van der Waals surface area contributed by atoms with Gasteiger partial charge >= 0.3 is 0 Å². The van der Waals surface area contributed by atoms with E-state index in [9.17, 15) is 5.11 Å². The molecule has 4 heteroatoms. The van der Waals surface area contributed by atoms with Crippen molar-refractivity contribution in [2.75, 3.05) is 26.3 Å². The van der Waals surface area contributed by atoms with Crippen molar-refractivity contribution in [2.45, 2.75) is 149 Å². The first-order valence-electron chi connectivity index (χ1n) is 14.5. The van der Waals surface area contributed by atoms with Gasteiger partial charge in [0.25, 0.3) is 0 Å². The summed E-state index contributed by atoms with van der Waals surface area (Å²) in [6.07, 6.45) is 22.2. The van der Waals surface area contributed by atoms with Crippen LogP contribution in [0.2, 0.25) is 0 Å². The monoisotopic (exact) mass is 468 g/mol. The van der Waals surface area contributed by atoms with Crippen molar-refractivity contribution in [3.63, 3.8) is 0 Å². The van der Waals surface area contributed by atoms with Crippen molar-refractivity contribution in [1.29, 1.82) is 0 Å². The molecule has 0 amide bonds. The van der Waals surface area contributed by atoms with E-state index in [4.69, 9.17) is 10.5 Å². The Balaban J connectivity index is 1.86. The van der Waals surface area contributed by atoms with Crippen LogP contribution in [-0.4, -0.2) is 43.6 Å². The summed E-state index contributed by atoms with van der Waals surface area (Å²) in [5.41, 5.74) is 6.82. The molecule has 33 heavy (non-hydrogen) atoms. The Labute approximate surface area is 207 Å². The number of aliphatic hydroxyl groups is 1. The summed E-state index contributed by atoms with van der Waals surface area (Å²) in [5.74, 6) is 0. The maximum absolute atomic E-state index is 10.2. The van der Waals surface area contributed by atoms with E-state index in [2.05, 4.69) is 33.0 Å². The van der Waals surface area contributed by atoms with Gasteiger partial charge in [-0.3, -0.25) is 0 Å². The van der Waals surface area contributed by atoms with E-state index in [1.807, 2.05) is 0 Å². The van der Waals surface area contributed by atoms with Gasteiger partial charge < -0.3 is 20.9 Å². The summed E-state index contributed by atoms with van der Waals surface area (Å²) >= 11 is 0. The summed E-state index contributed by atoms with van der Waals surface area (Å²) in [5, 5.41) is 13.7. The highest BCUT2D eigenvalue weighted by Gasteiger charge is 2.39. The smallest absolute Gasteiger partial charge is 0.0897 e. The molecule has 3 unspecified atom stereocenters. The zero-order valence-corrected chi connectivity index (χ0v) is 22.9. The highest BCUT2D eigenvalue weighted by Crippen LogP contribution is 2.45. The number of unbranched alkanes of at least 4 members (excludes halogenated alkanes) is 13. The lowest BCUT2D eigenvalue weighted by molar-refractivity contribution is 0.0305. The molecule has 3 atom stereocenters. The van der Waals surface area contributed by atoms with Gasteiger partial charge in [-0.05, 0) is 36.5 Å². The van der Waals surface area contributed by atoms with E-state index in [0.29, 0.717) is 24.6 Å². The summed E-state index contributed by atoms with van der Waals surface area (Å²) in [6.45, 7) is 12.0. The first-order valence-corrected chi connectivity index (χ1v) is 14.5. The van der Waals surface area contributed by atoms with Crippen LogP contribution in [0.25, 0.3) is 0 Å². The first kappa shape index (κ1) is 30.9. The molecular weight excluding hydrogens is 408 g/mol. The fourth-order valence-corrected chi connectivity index (χ4v) is 6.07. The van der Waals surface area contributed by atoms with Crippen LogP contribution in [0.1, 0.15) is 137 Å². The SMILES string of the molecule is CCCCCCCCCCCCCCCCOCC(O)CNCC1(C)CC(N)CC(C)(C)C1. The van der Waals surface area contributed by atoms with E-state index in [-0.39, 0.29) is 5.41 Å².